The second-order valence-electron chi connectivity index (χ2n) is 7.26. The summed E-state index contributed by atoms with van der Waals surface area (Å²) in [6.45, 7) is 3.91. The Labute approximate surface area is 180 Å². The van der Waals surface area contributed by atoms with E-state index in [4.69, 9.17) is 4.52 Å². The van der Waals surface area contributed by atoms with Crippen molar-refractivity contribution >= 4 is 21.6 Å². The highest BCUT2D eigenvalue weighted by atomic mass is 32.1. The Balaban J connectivity index is 1.66. The van der Waals surface area contributed by atoms with E-state index in [0.717, 1.165) is 16.7 Å². The Morgan fingerprint density at radius 1 is 0.968 bits per heavy atom. The van der Waals surface area contributed by atoms with Gasteiger partial charge in [-0.15, -0.1) is 11.3 Å². The zero-order chi connectivity index (χ0) is 21.5. The fraction of sp³-hybridized carbons (Fsp3) is 0.130. The maximum Gasteiger partial charge on any atom is 0.336 e. The van der Waals surface area contributed by atoms with Crippen LogP contribution in [0.4, 0.5) is 0 Å². The van der Waals surface area contributed by atoms with Crippen LogP contribution in [0.1, 0.15) is 17.0 Å². The van der Waals surface area contributed by atoms with Crippen molar-refractivity contribution in [2.45, 2.75) is 20.4 Å². The molecule has 3 aromatic heterocycles. The molecule has 0 amide bonds. The average molecular weight is 430 g/mol. The van der Waals surface area contributed by atoms with Crippen LogP contribution >= 0.6 is 11.3 Å². The second kappa shape index (κ2) is 7.48. The molecule has 0 radical (unpaired) electrons. The number of nitrogens with zero attached hydrogens (tertiary/aromatic N) is 4. The molecule has 0 bridgehead atoms. The van der Waals surface area contributed by atoms with Crippen LogP contribution in [0.5, 0.6) is 0 Å². The van der Waals surface area contributed by atoms with Gasteiger partial charge in [0.2, 0.25) is 11.7 Å². The highest BCUT2D eigenvalue weighted by Crippen LogP contribution is 2.21. The topological polar surface area (TPSA) is 82.9 Å². The predicted octanol–water partition coefficient (Wildman–Crippen LogP) is 3.93. The molecule has 0 atom stereocenters. The Bertz CT molecular complexity index is 1540. The highest BCUT2D eigenvalue weighted by molar-refractivity contribution is 7.17. The summed E-state index contributed by atoms with van der Waals surface area (Å²) in [6.07, 6.45) is 0. The molecule has 154 valence electrons. The minimum atomic E-state index is -0.444. The molecule has 31 heavy (non-hydrogen) atoms. The van der Waals surface area contributed by atoms with Crippen LogP contribution in [-0.4, -0.2) is 19.3 Å². The van der Waals surface area contributed by atoms with Crippen LogP contribution in [0, 0.1) is 13.8 Å². The standard InChI is InChI=1S/C23H18N4O3S/c1-14-7-3-5-9-16(14)21-24-19(30-25-21)13-26-18-11-12-31-20(18)22(28)27(23(26)29)17-10-6-4-8-15(17)2/h3-12H,13H2,1-2H3. The third-order valence-corrected chi connectivity index (χ3v) is 6.15. The quantitative estimate of drug-likeness (QED) is 0.431. The van der Waals surface area contributed by atoms with Gasteiger partial charge in [0.05, 0.1) is 11.2 Å². The number of benzene rings is 2. The molecule has 5 rings (SSSR count). The van der Waals surface area contributed by atoms with Gasteiger partial charge in [-0.05, 0) is 42.5 Å². The van der Waals surface area contributed by atoms with Crippen molar-refractivity contribution in [1.82, 2.24) is 19.3 Å². The van der Waals surface area contributed by atoms with Crippen molar-refractivity contribution in [2.24, 2.45) is 0 Å². The van der Waals surface area contributed by atoms with Gasteiger partial charge < -0.3 is 4.52 Å². The normalized spacial score (nSPS) is 11.3. The first-order chi connectivity index (χ1) is 15.0. The molecular formula is C23H18N4O3S. The van der Waals surface area contributed by atoms with E-state index in [-0.39, 0.29) is 12.1 Å². The molecule has 7 nitrogen and oxygen atoms in total. The molecule has 0 aliphatic rings. The van der Waals surface area contributed by atoms with E-state index in [1.807, 2.05) is 56.3 Å². The van der Waals surface area contributed by atoms with Gasteiger partial charge in [0, 0.05) is 5.56 Å². The lowest BCUT2D eigenvalue weighted by molar-refractivity contribution is 0.370. The number of para-hydroxylation sites is 1. The first-order valence-electron chi connectivity index (χ1n) is 9.72. The number of aromatic nitrogens is 4. The molecule has 0 saturated carbocycles. The van der Waals surface area contributed by atoms with E-state index < -0.39 is 5.69 Å². The Kier molecular flexibility index (Phi) is 4.63. The number of fused-ring (bicyclic) bond motifs is 1. The summed E-state index contributed by atoms with van der Waals surface area (Å²) in [7, 11) is 0. The second-order valence-corrected chi connectivity index (χ2v) is 8.17. The maximum atomic E-state index is 13.4. The van der Waals surface area contributed by atoms with E-state index in [1.54, 1.807) is 17.5 Å². The minimum absolute atomic E-state index is 0.0666. The van der Waals surface area contributed by atoms with Gasteiger partial charge in [-0.25, -0.2) is 9.36 Å². The van der Waals surface area contributed by atoms with Gasteiger partial charge in [-0.3, -0.25) is 9.36 Å². The lowest BCUT2D eigenvalue weighted by atomic mass is 10.1. The van der Waals surface area contributed by atoms with E-state index in [2.05, 4.69) is 10.1 Å². The predicted molar refractivity (Wildman–Crippen MR) is 120 cm³/mol. The maximum absolute atomic E-state index is 13.4. The summed E-state index contributed by atoms with van der Waals surface area (Å²) >= 11 is 1.31. The first-order valence-corrected chi connectivity index (χ1v) is 10.6. The van der Waals surface area contributed by atoms with Gasteiger partial charge in [-0.1, -0.05) is 47.6 Å². The summed E-state index contributed by atoms with van der Waals surface area (Å²) < 4.78 is 8.68. The van der Waals surface area contributed by atoms with Crippen molar-refractivity contribution in [3.05, 3.63) is 97.8 Å². The number of aryl methyl sites for hydroxylation is 2. The van der Waals surface area contributed by atoms with Crippen LogP contribution < -0.4 is 11.2 Å². The Morgan fingerprint density at radius 2 is 1.71 bits per heavy atom. The molecule has 3 heterocycles. The summed E-state index contributed by atoms with van der Waals surface area (Å²) in [5.41, 5.74) is 3.08. The average Bonchev–Trinajstić information content (AvgIpc) is 3.43. The molecule has 5 aromatic rings. The molecule has 8 heteroatoms. The van der Waals surface area contributed by atoms with E-state index >= 15 is 0 Å². The monoisotopic (exact) mass is 430 g/mol. The van der Waals surface area contributed by atoms with Gasteiger partial charge in [0.25, 0.3) is 5.56 Å². The summed E-state index contributed by atoms with van der Waals surface area (Å²) in [5.74, 6) is 0.762. The third-order valence-electron chi connectivity index (χ3n) is 5.26. The number of hydrogen-bond acceptors (Lipinski definition) is 6. The largest absolute Gasteiger partial charge is 0.337 e. The lowest BCUT2D eigenvalue weighted by Crippen LogP contribution is -2.39. The van der Waals surface area contributed by atoms with Crippen LogP contribution in [0.3, 0.4) is 0 Å². The molecule has 0 aliphatic carbocycles. The lowest BCUT2D eigenvalue weighted by Gasteiger charge is -2.12. The molecule has 2 aromatic carbocycles. The van der Waals surface area contributed by atoms with Crippen LogP contribution in [0.25, 0.3) is 27.3 Å². The van der Waals surface area contributed by atoms with Gasteiger partial charge in [0.1, 0.15) is 11.2 Å². The van der Waals surface area contributed by atoms with Crippen LogP contribution in [-0.2, 0) is 6.54 Å². The Hall–Kier alpha value is -3.78. The van der Waals surface area contributed by atoms with Crippen molar-refractivity contribution < 1.29 is 4.52 Å². The fourth-order valence-corrected chi connectivity index (χ4v) is 4.48. The van der Waals surface area contributed by atoms with E-state index in [0.29, 0.717) is 27.6 Å². The third kappa shape index (κ3) is 3.21. The number of rotatable bonds is 4. The first kappa shape index (κ1) is 19.2. The van der Waals surface area contributed by atoms with Crippen molar-refractivity contribution in [1.29, 1.82) is 0 Å². The summed E-state index contributed by atoms with van der Waals surface area (Å²) in [4.78, 5) is 31.0. The van der Waals surface area contributed by atoms with Crippen molar-refractivity contribution in [3.63, 3.8) is 0 Å². The van der Waals surface area contributed by atoms with Gasteiger partial charge in [0.15, 0.2) is 0 Å². The zero-order valence-corrected chi connectivity index (χ0v) is 17.7. The van der Waals surface area contributed by atoms with E-state index in [9.17, 15) is 9.59 Å². The molecular weight excluding hydrogens is 412 g/mol. The Morgan fingerprint density at radius 3 is 2.48 bits per heavy atom. The molecule has 0 spiro atoms. The van der Waals surface area contributed by atoms with Crippen LogP contribution in [0.15, 0.2) is 74.1 Å². The van der Waals surface area contributed by atoms with Crippen molar-refractivity contribution in [2.75, 3.05) is 0 Å². The van der Waals surface area contributed by atoms with Crippen LogP contribution in [0.2, 0.25) is 0 Å². The van der Waals surface area contributed by atoms with Gasteiger partial charge in [-0.2, -0.15) is 4.98 Å². The van der Waals surface area contributed by atoms with Gasteiger partial charge >= 0.3 is 5.69 Å². The molecule has 0 fully saturated rings. The minimum Gasteiger partial charge on any atom is -0.337 e. The number of hydrogen-bond donors (Lipinski definition) is 0. The molecule has 0 aliphatic heterocycles. The number of thiophene rings is 1. The van der Waals surface area contributed by atoms with E-state index in [1.165, 1.54) is 20.5 Å². The smallest absolute Gasteiger partial charge is 0.336 e. The fourth-order valence-electron chi connectivity index (χ4n) is 3.65. The zero-order valence-electron chi connectivity index (χ0n) is 16.9. The molecule has 0 saturated heterocycles. The van der Waals surface area contributed by atoms with Crippen molar-refractivity contribution in [3.8, 4) is 17.1 Å². The molecule has 0 N–H and O–H groups in total. The highest BCUT2D eigenvalue weighted by Gasteiger charge is 2.19. The summed E-state index contributed by atoms with van der Waals surface area (Å²) in [5, 5.41) is 5.89. The summed E-state index contributed by atoms with van der Waals surface area (Å²) in [6, 6.07) is 16.8. The molecule has 0 unspecified atom stereocenters. The SMILES string of the molecule is Cc1ccccc1-c1noc(Cn2c(=O)n(-c3ccccc3C)c(=O)c3sccc32)n1.